The number of fused-ring (bicyclic) bond motifs is 1. The highest BCUT2D eigenvalue weighted by Crippen LogP contribution is 2.26. The molecule has 2 aliphatic rings. The second-order valence-electron chi connectivity index (χ2n) is 9.17. The Kier molecular flexibility index (Phi) is 5.85. The predicted molar refractivity (Wildman–Crippen MR) is 126 cm³/mol. The van der Waals surface area contributed by atoms with Crippen molar-refractivity contribution in [2.24, 2.45) is 0 Å². The summed E-state index contributed by atoms with van der Waals surface area (Å²) in [4.78, 5) is 33.7. The Morgan fingerprint density at radius 2 is 1.59 bits per heavy atom. The maximum absolute atomic E-state index is 13.0. The standard InChI is InChI=1S/C24H27N5O4S/c1-34(32,33)24-21-25-13-20(15-7-9-16(10-8-15)22(30)26-18-11-12-18)29(21)14-19(28-24)23(31)27-17-5-3-2-4-6-17/h7-10,13-14,17-18H,2-6,11-12H2,1H3,(H,26,30)(H,27,31). The highest BCUT2D eigenvalue weighted by atomic mass is 32.2. The molecule has 0 unspecified atom stereocenters. The number of carbonyl (C=O) groups excluding carboxylic acids is 2. The molecule has 178 valence electrons. The third kappa shape index (κ3) is 4.68. The first-order chi connectivity index (χ1) is 16.3. The van der Waals surface area contributed by atoms with E-state index in [1.807, 2.05) is 0 Å². The SMILES string of the molecule is CS(=O)(=O)c1nc(C(=O)NC2CCCCC2)cn2c(-c3ccc(C(=O)NC4CC4)cc3)cnc12. The van der Waals surface area contributed by atoms with Crippen molar-refractivity contribution >= 4 is 27.3 Å². The second-order valence-corrected chi connectivity index (χ2v) is 11.1. The average molecular weight is 482 g/mol. The molecule has 0 spiro atoms. The monoisotopic (exact) mass is 481 g/mol. The molecule has 2 aromatic heterocycles. The summed E-state index contributed by atoms with van der Waals surface area (Å²) in [7, 11) is -3.74. The summed E-state index contributed by atoms with van der Waals surface area (Å²) in [6, 6.07) is 7.35. The van der Waals surface area contributed by atoms with Gasteiger partial charge >= 0.3 is 0 Å². The molecule has 2 saturated carbocycles. The zero-order valence-electron chi connectivity index (χ0n) is 19.0. The number of aromatic nitrogens is 3. The van der Waals surface area contributed by atoms with Crippen molar-refractivity contribution in [2.45, 2.75) is 62.1 Å². The minimum absolute atomic E-state index is 0.0261. The van der Waals surface area contributed by atoms with Gasteiger partial charge in [0.2, 0.25) is 0 Å². The molecule has 5 rings (SSSR count). The topological polar surface area (TPSA) is 123 Å². The van der Waals surface area contributed by atoms with Crippen molar-refractivity contribution in [2.75, 3.05) is 6.26 Å². The first-order valence-corrected chi connectivity index (χ1v) is 13.5. The molecule has 0 aliphatic heterocycles. The smallest absolute Gasteiger partial charge is 0.271 e. The molecule has 2 amide bonds. The number of hydrogen-bond acceptors (Lipinski definition) is 6. The van der Waals surface area contributed by atoms with E-state index < -0.39 is 15.7 Å². The summed E-state index contributed by atoms with van der Waals surface area (Å²) in [6.45, 7) is 0. The van der Waals surface area contributed by atoms with Crippen LogP contribution in [0.3, 0.4) is 0 Å². The molecule has 2 N–H and O–H groups in total. The van der Waals surface area contributed by atoms with Gasteiger partial charge in [-0.15, -0.1) is 0 Å². The van der Waals surface area contributed by atoms with E-state index in [0.29, 0.717) is 11.3 Å². The van der Waals surface area contributed by atoms with Gasteiger partial charge < -0.3 is 10.6 Å². The quantitative estimate of drug-likeness (QED) is 0.558. The van der Waals surface area contributed by atoms with Crippen LogP contribution in [-0.4, -0.2) is 52.9 Å². The summed E-state index contributed by atoms with van der Waals surface area (Å²) in [5.41, 5.74) is 2.07. The molecule has 1 aromatic carbocycles. The van der Waals surface area contributed by atoms with Gasteiger partial charge in [-0.2, -0.15) is 0 Å². The molecule has 34 heavy (non-hydrogen) atoms. The maximum atomic E-state index is 13.0. The Hall–Kier alpha value is -3.27. The zero-order valence-corrected chi connectivity index (χ0v) is 19.8. The molecular weight excluding hydrogens is 454 g/mol. The van der Waals surface area contributed by atoms with E-state index in [-0.39, 0.29) is 34.4 Å². The van der Waals surface area contributed by atoms with Gasteiger partial charge in [0.05, 0.1) is 11.9 Å². The Morgan fingerprint density at radius 1 is 0.941 bits per heavy atom. The predicted octanol–water partition coefficient (Wildman–Crippen LogP) is 2.75. The van der Waals surface area contributed by atoms with Crippen LogP contribution in [0.1, 0.15) is 65.8 Å². The first-order valence-electron chi connectivity index (χ1n) is 11.6. The van der Waals surface area contributed by atoms with Crippen LogP contribution in [0.5, 0.6) is 0 Å². The minimum atomic E-state index is -3.74. The number of nitrogens with one attached hydrogen (secondary N) is 2. The van der Waals surface area contributed by atoms with E-state index in [2.05, 4.69) is 20.6 Å². The summed E-state index contributed by atoms with van der Waals surface area (Å²) >= 11 is 0. The fourth-order valence-electron chi connectivity index (χ4n) is 4.33. The van der Waals surface area contributed by atoms with Crippen molar-refractivity contribution in [3.63, 3.8) is 0 Å². The third-order valence-corrected chi connectivity index (χ3v) is 7.32. The van der Waals surface area contributed by atoms with E-state index in [1.54, 1.807) is 34.9 Å². The lowest BCUT2D eigenvalue weighted by Crippen LogP contribution is -2.36. The van der Waals surface area contributed by atoms with Gasteiger partial charge in [-0.25, -0.2) is 18.4 Å². The van der Waals surface area contributed by atoms with Crippen LogP contribution in [-0.2, 0) is 9.84 Å². The minimum Gasteiger partial charge on any atom is -0.349 e. The first kappa shape index (κ1) is 22.5. The second kappa shape index (κ2) is 8.83. The zero-order chi connectivity index (χ0) is 23.9. The van der Waals surface area contributed by atoms with Crippen LogP contribution in [0, 0.1) is 0 Å². The van der Waals surface area contributed by atoms with Gasteiger partial charge in [-0.1, -0.05) is 31.4 Å². The molecule has 10 heteroatoms. The van der Waals surface area contributed by atoms with Crippen LogP contribution < -0.4 is 10.6 Å². The fraction of sp³-hybridized carbons (Fsp3) is 0.417. The van der Waals surface area contributed by atoms with Gasteiger partial charge in [-0.3, -0.25) is 14.0 Å². The van der Waals surface area contributed by atoms with E-state index in [0.717, 1.165) is 56.8 Å². The Morgan fingerprint density at radius 3 is 2.24 bits per heavy atom. The van der Waals surface area contributed by atoms with Crippen molar-refractivity contribution < 1.29 is 18.0 Å². The summed E-state index contributed by atoms with van der Waals surface area (Å²) in [6.07, 6.45) is 11.3. The number of carbonyl (C=O) groups is 2. The van der Waals surface area contributed by atoms with Crippen molar-refractivity contribution in [1.82, 2.24) is 25.0 Å². The number of benzene rings is 1. The lowest BCUT2D eigenvalue weighted by molar-refractivity contribution is 0.0919. The van der Waals surface area contributed by atoms with Crippen molar-refractivity contribution in [3.05, 3.63) is 47.9 Å². The number of nitrogens with zero attached hydrogens (tertiary/aromatic N) is 3. The number of rotatable bonds is 6. The molecule has 0 radical (unpaired) electrons. The van der Waals surface area contributed by atoms with Gasteiger partial charge in [0.1, 0.15) is 5.69 Å². The number of sulfone groups is 1. The fourth-order valence-corrected chi connectivity index (χ4v) is 5.07. The molecule has 9 nitrogen and oxygen atoms in total. The van der Waals surface area contributed by atoms with Crippen LogP contribution >= 0.6 is 0 Å². The van der Waals surface area contributed by atoms with Crippen LogP contribution in [0.2, 0.25) is 0 Å². The maximum Gasteiger partial charge on any atom is 0.271 e. The summed E-state index contributed by atoms with van der Waals surface area (Å²) in [5.74, 6) is -0.511. The molecular formula is C24H27N5O4S. The van der Waals surface area contributed by atoms with Gasteiger partial charge in [0, 0.05) is 35.7 Å². The third-order valence-electron chi connectivity index (χ3n) is 6.34. The Bertz CT molecular complexity index is 1350. The van der Waals surface area contributed by atoms with Crippen LogP contribution in [0.4, 0.5) is 0 Å². The molecule has 2 aliphatic carbocycles. The Balaban J connectivity index is 1.50. The van der Waals surface area contributed by atoms with Crippen LogP contribution in [0.15, 0.2) is 41.7 Å². The van der Waals surface area contributed by atoms with E-state index >= 15 is 0 Å². The highest BCUT2D eigenvalue weighted by molar-refractivity contribution is 7.90. The van der Waals surface area contributed by atoms with Gasteiger partial charge in [0.15, 0.2) is 20.5 Å². The molecule has 3 aromatic rings. The number of imidazole rings is 1. The molecule has 0 bridgehead atoms. The van der Waals surface area contributed by atoms with E-state index in [4.69, 9.17) is 0 Å². The van der Waals surface area contributed by atoms with Gasteiger partial charge in [-0.05, 0) is 37.8 Å². The highest BCUT2D eigenvalue weighted by Gasteiger charge is 2.25. The normalized spacial score (nSPS) is 17.0. The van der Waals surface area contributed by atoms with Crippen LogP contribution in [0.25, 0.3) is 16.9 Å². The lowest BCUT2D eigenvalue weighted by atomic mass is 9.95. The summed E-state index contributed by atoms with van der Waals surface area (Å²) in [5, 5.41) is 5.71. The lowest BCUT2D eigenvalue weighted by Gasteiger charge is -2.22. The van der Waals surface area contributed by atoms with E-state index in [1.165, 1.54) is 6.20 Å². The average Bonchev–Trinajstić information content (AvgIpc) is 3.53. The number of hydrogen-bond donors (Lipinski definition) is 2. The van der Waals surface area contributed by atoms with Crippen molar-refractivity contribution in [1.29, 1.82) is 0 Å². The largest absolute Gasteiger partial charge is 0.349 e. The van der Waals surface area contributed by atoms with E-state index in [9.17, 15) is 18.0 Å². The molecule has 0 atom stereocenters. The Labute approximate surface area is 197 Å². The molecule has 2 fully saturated rings. The molecule has 0 saturated heterocycles. The van der Waals surface area contributed by atoms with Gasteiger partial charge in [0.25, 0.3) is 11.8 Å². The summed E-state index contributed by atoms with van der Waals surface area (Å²) < 4.78 is 26.5. The number of amides is 2. The molecule has 2 heterocycles. The van der Waals surface area contributed by atoms with Crippen molar-refractivity contribution in [3.8, 4) is 11.3 Å².